The van der Waals surface area contributed by atoms with E-state index in [1.807, 2.05) is 12.1 Å². The highest BCUT2D eigenvalue weighted by atomic mass is 32.1. The van der Waals surface area contributed by atoms with E-state index in [9.17, 15) is 4.79 Å². The average Bonchev–Trinajstić information content (AvgIpc) is 2.88. The lowest BCUT2D eigenvalue weighted by molar-refractivity contribution is -0.140. The van der Waals surface area contributed by atoms with E-state index in [1.54, 1.807) is 10.8 Å². The number of ether oxygens (including phenoxy) is 1. The van der Waals surface area contributed by atoms with Crippen molar-refractivity contribution in [2.75, 3.05) is 12.9 Å². The van der Waals surface area contributed by atoms with Crippen LogP contribution >= 0.6 is 12.6 Å². The number of carbonyl (C=O) groups is 1. The number of hydrogen-bond donors (Lipinski definition) is 1. The van der Waals surface area contributed by atoms with Crippen LogP contribution in [0.1, 0.15) is 32.0 Å². The summed E-state index contributed by atoms with van der Waals surface area (Å²) in [4.78, 5) is 14.5. The number of esters is 1. The Balaban J connectivity index is 0.000000246. The van der Waals surface area contributed by atoms with Gasteiger partial charge in [0.15, 0.2) is 11.5 Å². The first-order chi connectivity index (χ1) is 9.71. The third kappa shape index (κ3) is 5.56. The van der Waals surface area contributed by atoms with Crippen LogP contribution in [0.2, 0.25) is 0 Å². The molecule has 0 atom stereocenters. The number of rotatable bonds is 5. The number of aryl methyl sites for hydroxylation is 1. The number of nitrogens with zero attached hydrogens (tertiary/aromatic N) is 4. The van der Waals surface area contributed by atoms with Crippen molar-refractivity contribution in [1.29, 1.82) is 0 Å². The lowest BCUT2D eigenvalue weighted by atomic mass is 10.2. The van der Waals surface area contributed by atoms with Crippen molar-refractivity contribution in [2.24, 2.45) is 0 Å². The molecule has 0 unspecified atom stereocenters. The Hall–Kier alpha value is -1.63. The van der Waals surface area contributed by atoms with Gasteiger partial charge in [-0.2, -0.15) is 17.7 Å². The fourth-order valence-electron chi connectivity index (χ4n) is 1.41. The second-order valence-electron chi connectivity index (χ2n) is 4.05. The molecule has 0 N–H and O–H groups in total. The van der Waals surface area contributed by atoms with Gasteiger partial charge in [0.05, 0.1) is 13.5 Å². The molecule has 2 heterocycles. The summed E-state index contributed by atoms with van der Waals surface area (Å²) in [7, 11) is 1.37. The summed E-state index contributed by atoms with van der Waals surface area (Å²) in [5, 5.41) is 8.30. The third-order valence-electron chi connectivity index (χ3n) is 2.46. The molecule has 0 radical (unpaired) electrons. The molecule has 7 heteroatoms. The van der Waals surface area contributed by atoms with Crippen molar-refractivity contribution in [1.82, 2.24) is 19.8 Å². The standard InChI is InChI=1S/C9H12N4.C4H8O2S/c1-2-3-5-8-11-9-6-4-7-10-13(9)12-8;1-6-4(5)2-3-7/h4,6-7H,2-3,5H2,1H3;7H,2-3H2,1H3. The second kappa shape index (κ2) is 9.30. The molecular weight excluding hydrogens is 276 g/mol. The van der Waals surface area contributed by atoms with Crippen molar-refractivity contribution in [3.8, 4) is 0 Å². The Morgan fingerprint density at radius 2 is 2.30 bits per heavy atom. The first-order valence-electron chi connectivity index (χ1n) is 6.55. The number of methoxy groups -OCH3 is 1. The van der Waals surface area contributed by atoms with Gasteiger partial charge in [0.2, 0.25) is 0 Å². The smallest absolute Gasteiger partial charge is 0.306 e. The largest absolute Gasteiger partial charge is 0.469 e. The molecule has 0 saturated heterocycles. The Morgan fingerprint density at radius 3 is 2.85 bits per heavy atom. The second-order valence-corrected chi connectivity index (χ2v) is 4.50. The predicted octanol–water partition coefficient (Wildman–Crippen LogP) is 1.95. The normalized spacial score (nSPS) is 9.95. The Labute approximate surface area is 124 Å². The molecule has 2 aromatic heterocycles. The molecule has 110 valence electrons. The van der Waals surface area contributed by atoms with E-state index in [0.29, 0.717) is 12.2 Å². The summed E-state index contributed by atoms with van der Waals surface area (Å²) in [6.07, 6.45) is 5.37. The van der Waals surface area contributed by atoms with Crippen LogP contribution in [0.25, 0.3) is 5.65 Å². The molecule has 0 saturated carbocycles. The zero-order valence-corrected chi connectivity index (χ0v) is 12.7. The van der Waals surface area contributed by atoms with E-state index in [-0.39, 0.29) is 5.97 Å². The van der Waals surface area contributed by atoms with E-state index < -0.39 is 0 Å². The van der Waals surface area contributed by atoms with Crippen LogP contribution in [0.4, 0.5) is 0 Å². The first-order valence-corrected chi connectivity index (χ1v) is 7.19. The number of hydrogen-bond acceptors (Lipinski definition) is 6. The van der Waals surface area contributed by atoms with Crippen LogP contribution < -0.4 is 0 Å². The van der Waals surface area contributed by atoms with Crippen molar-refractivity contribution in [3.05, 3.63) is 24.2 Å². The van der Waals surface area contributed by atoms with Crippen molar-refractivity contribution >= 4 is 24.2 Å². The highest BCUT2D eigenvalue weighted by molar-refractivity contribution is 7.80. The molecule has 2 rings (SSSR count). The van der Waals surface area contributed by atoms with Crippen LogP contribution in [0, 0.1) is 0 Å². The highest BCUT2D eigenvalue weighted by Crippen LogP contribution is 2.01. The summed E-state index contributed by atoms with van der Waals surface area (Å²) in [6.45, 7) is 2.16. The molecule has 0 aliphatic rings. The summed E-state index contributed by atoms with van der Waals surface area (Å²) >= 11 is 3.81. The van der Waals surface area contributed by atoms with Gasteiger partial charge in [0, 0.05) is 18.4 Å². The van der Waals surface area contributed by atoms with Gasteiger partial charge in [-0.15, -0.1) is 9.73 Å². The Bertz CT molecular complexity index is 497. The number of thiol groups is 1. The lowest BCUT2D eigenvalue weighted by Crippen LogP contribution is -1.99. The monoisotopic (exact) mass is 296 g/mol. The highest BCUT2D eigenvalue weighted by Gasteiger charge is 2.01. The molecule has 20 heavy (non-hydrogen) atoms. The fourth-order valence-corrected chi connectivity index (χ4v) is 1.60. The van der Waals surface area contributed by atoms with Gasteiger partial charge in [-0.05, 0) is 18.6 Å². The molecule has 0 fully saturated rings. The van der Waals surface area contributed by atoms with Crippen LogP contribution in [0.5, 0.6) is 0 Å². The molecule has 2 aromatic rings. The van der Waals surface area contributed by atoms with Crippen LogP contribution in [0.3, 0.4) is 0 Å². The van der Waals surface area contributed by atoms with Crippen molar-refractivity contribution in [2.45, 2.75) is 32.6 Å². The van der Waals surface area contributed by atoms with Crippen molar-refractivity contribution < 1.29 is 9.53 Å². The molecule has 0 aromatic carbocycles. The van der Waals surface area contributed by atoms with Gasteiger partial charge in [-0.1, -0.05) is 13.3 Å². The van der Waals surface area contributed by atoms with Gasteiger partial charge in [-0.25, -0.2) is 4.98 Å². The average molecular weight is 296 g/mol. The zero-order valence-electron chi connectivity index (χ0n) is 11.8. The topological polar surface area (TPSA) is 69.4 Å². The molecule has 0 amide bonds. The van der Waals surface area contributed by atoms with E-state index in [4.69, 9.17) is 0 Å². The van der Waals surface area contributed by atoms with Gasteiger partial charge in [-0.3, -0.25) is 4.79 Å². The quantitative estimate of drug-likeness (QED) is 0.674. The van der Waals surface area contributed by atoms with Crippen molar-refractivity contribution in [3.63, 3.8) is 0 Å². The lowest BCUT2D eigenvalue weighted by Gasteiger charge is -1.90. The first kappa shape index (κ1) is 16.4. The van der Waals surface area contributed by atoms with Gasteiger partial charge in [0.1, 0.15) is 0 Å². The fraction of sp³-hybridized carbons (Fsp3) is 0.538. The zero-order chi connectivity index (χ0) is 14.8. The maximum Gasteiger partial charge on any atom is 0.306 e. The maximum atomic E-state index is 10.1. The third-order valence-corrected chi connectivity index (χ3v) is 2.69. The predicted molar refractivity (Wildman–Crippen MR) is 79.9 cm³/mol. The number of aromatic nitrogens is 4. The molecule has 6 nitrogen and oxygen atoms in total. The maximum absolute atomic E-state index is 10.1. The minimum Gasteiger partial charge on any atom is -0.469 e. The van der Waals surface area contributed by atoms with E-state index in [0.717, 1.165) is 24.3 Å². The van der Waals surface area contributed by atoms with Crippen LogP contribution in [-0.2, 0) is 16.0 Å². The Kier molecular flexibility index (Phi) is 7.64. The molecule has 0 aliphatic carbocycles. The van der Waals surface area contributed by atoms with Gasteiger partial charge in [0.25, 0.3) is 0 Å². The summed E-state index contributed by atoms with van der Waals surface area (Å²) in [5.41, 5.74) is 0.827. The van der Waals surface area contributed by atoms with Gasteiger partial charge < -0.3 is 4.74 Å². The minimum absolute atomic E-state index is 0.199. The van der Waals surface area contributed by atoms with Crippen LogP contribution in [-0.4, -0.2) is 38.6 Å². The number of fused-ring (bicyclic) bond motifs is 1. The SMILES string of the molecule is CCCCc1nc2cccnn2n1.COC(=O)CCS. The summed E-state index contributed by atoms with van der Waals surface area (Å²) in [5.74, 6) is 1.25. The summed E-state index contributed by atoms with van der Waals surface area (Å²) < 4.78 is 5.88. The Morgan fingerprint density at radius 1 is 1.50 bits per heavy atom. The van der Waals surface area contributed by atoms with Gasteiger partial charge >= 0.3 is 5.97 Å². The van der Waals surface area contributed by atoms with Crippen LogP contribution in [0.15, 0.2) is 18.3 Å². The molecule has 0 aliphatic heterocycles. The molecule has 0 spiro atoms. The number of unbranched alkanes of at least 4 members (excludes halogenated alkanes) is 1. The number of carbonyl (C=O) groups excluding carboxylic acids is 1. The van der Waals surface area contributed by atoms with E-state index in [1.165, 1.54) is 13.5 Å². The summed E-state index contributed by atoms with van der Waals surface area (Å²) in [6, 6.07) is 3.78. The van der Waals surface area contributed by atoms with E-state index in [2.05, 4.69) is 39.5 Å². The molecule has 0 bridgehead atoms. The van der Waals surface area contributed by atoms with E-state index >= 15 is 0 Å². The molecular formula is C13H20N4O2S. The minimum atomic E-state index is -0.199.